The summed E-state index contributed by atoms with van der Waals surface area (Å²) in [6.07, 6.45) is 4.48. The van der Waals surface area contributed by atoms with Crippen LogP contribution in [0.2, 0.25) is 0 Å². The number of carbonyl (C=O) groups is 1. The third-order valence-corrected chi connectivity index (χ3v) is 6.93. The highest BCUT2D eigenvalue weighted by molar-refractivity contribution is 7.99. The number of benzene rings is 1. The average molecular weight is 414 g/mol. The predicted molar refractivity (Wildman–Crippen MR) is 116 cm³/mol. The molecule has 3 aromatic rings. The average Bonchev–Trinajstić information content (AvgIpc) is 3.33. The third kappa shape index (κ3) is 3.86. The van der Waals surface area contributed by atoms with Gasteiger partial charge in [0, 0.05) is 6.04 Å². The van der Waals surface area contributed by atoms with Crippen LogP contribution in [-0.2, 0) is 4.79 Å². The molecule has 7 heteroatoms. The Morgan fingerprint density at radius 2 is 2.07 bits per heavy atom. The van der Waals surface area contributed by atoms with Crippen molar-refractivity contribution in [2.24, 2.45) is 0 Å². The molecule has 1 amide bonds. The van der Waals surface area contributed by atoms with E-state index in [-0.39, 0.29) is 17.2 Å². The Kier molecular flexibility index (Phi) is 5.55. The van der Waals surface area contributed by atoms with E-state index in [0.29, 0.717) is 21.4 Å². The van der Waals surface area contributed by atoms with Gasteiger partial charge in [-0.25, -0.2) is 4.98 Å². The van der Waals surface area contributed by atoms with Crippen LogP contribution in [0, 0.1) is 13.8 Å². The number of hydrogen-bond acceptors (Lipinski definition) is 5. The van der Waals surface area contributed by atoms with Crippen LogP contribution in [0.4, 0.5) is 0 Å². The molecule has 0 saturated heterocycles. The van der Waals surface area contributed by atoms with Crippen molar-refractivity contribution in [2.45, 2.75) is 50.7 Å². The SMILES string of the molecule is Cc1ccc(-n2c(SCC(=O)NC3CCCC3)nc3ccsc3c2=O)c(C)c1. The molecule has 5 nitrogen and oxygen atoms in total. The summed E-state index contributed by atoms with van der Waals surface area (Å²) < 4.78 is 2.29. The van der Waals surface area contributed by atoms with Crippen molar-refractivity contribution in [3.63, 3.8) is 0 Å². The molecule has 28 heavy (non-hydrogen) atoms. The summed E-state index contributed by atoms with van der Waals surface area (Å²) in [7, 11) is 0. The van der Waals surface area contributed by atoms with E-state index in [0.717, 1.165) is 29.7 Å². The summed E-state index contributed by atoms with van der Waals surface area (Å²) in [6.45, 7) is 4.03. The van der Waals surface area contributed by atoms with E-state index < -0.39 is 0 Å². The maximum Gasteiger partial charge on any atom is 0.276 e. The van der Waals surface area contributed by atoms with Crippen LogP contribution in [0.25, 0.3) is 15.9 Å². The van der Waals surface area contributed by atoms with Gasteiger partial charge in [0.15, 0.2) is 5.16 Å². The monoisotopic (exact) mass is 413 g/mol. The minimum Gasteiger partial charge on any atom is -0.353 e. The van der Waals surface area contributed by atoms with Crippen molar-refractivity contribution >= 4 is 39.2 Å². The first-order valence-electron chi connectivity index (χ1n) is 9.53. The Morgan fingerprint density at radius 1 is 1.29 bits per heavy atom. The topological polar surface area (TPSA) is 64.0 Å². The molecule has 0 aliphatic heterocycles. The van der Waals surface area contributed by atoms with Gasteiger partial charge in [0.25, 0.3) is 5.56 Å². The van der Waals surface area contributed by atoms with Gasteiger partial charge in [-0.1, -0.05) is 42.3 Å². The lowest BCUT2D eigenvalue weighted by Crippen LogP contribution is -2.34. The van der Waals surface area contributed by atoms with Crippen LogP contribution in [0.1, 0.15) is 36.8 Å². The molecule has 0 bridgehead atoms. The summed E-state index contributed by atoms with van der Waals surface area (Å²) in [5, 5.41) is 5.54. The lowest BCUT2D eigenvalue weighted by atomic mass is 10.1. The largest absolute Gasteiger partial charge is 0.353 e. The number of hydrogen-bond donors (Lipinski definition) is 1. The highest BCUT2D eigenvalue weighted by Crippen LogP contribution is 2.25. The normalized spacial score (nSPS) is 14.6. The van der Waals surface area contributed by atoms with E-state index in [1.807, 2.05) is 37.4 Å². The standard InChI is InChI=1S/C21H23N3O2S2/c1-13-7-8-17(14(2)11-13)24-20(26)19-16(9-10-27-19)23-21(24)28-12-18(25)22-15-5-3-4-6-15/h7-11,15H,3-6,12H2,1-2H3,(H,22,25). The van der Waals surface area contributed by atoms with Crippen LogP contribution < -0.4 is 10.9 Å². The van der Waals surface area contributed by atoms with Gasteiger partial charge in [-0.3, -0.25) is 14.2 Å². The molecule has 2 heterocycles. The molecule has 1 aromatic carbocycles. The first kappa shape index (κ1) is 19.2. The van der Waals surface area contributed by atoms with Crippen molar-refractivity contribution in [3.05, 3.63) is 51.1 Å². The Hall–Kier alpha value is -2.12. The van der Waals surface area contributed by atoms with Gasteiger partial charge in [0.2, 0.25) is 5.91 Å². The first-order chi connectivity index (χ1) is 13.5. The van der Waals surface area contributed by atoms with E-state index in [1.165, 1.54) is 35.9 Å². The maximum absolute atomic E-state index is 13.2. The summed E-state index contributed by atoms with van der Waals surface area (Å²) >= 11 is 2.72. The molecule has 0 atom stereocenters. The Labute approximate surface area is 172 Å². The van der Waals surface area contributed by atoms with Crippen LogP contribution in [0.5, 0.6) is 0 Å². The number of rotatable bonds is 5. The molecular weight excluding hydrogens is 390 g/mol. The molecule has 2 aromatic heterocycles. The first-order valence-corrected chi connectivity index (χ1v) is 11.4. The summed E-state index contributed by atoms with van der Waals surface area (Å²) in [5.74, 6) is 0.257. The molecule has 1 fully saturated rings. The second kappa shape index (κ2) is 8.09. The number of nitrogens with one attached hydrogen (secondary N) is 1. The molecule has 1 N–H and O–H groups in total. The van der Waals surface area contributed by atoms with E-state index in [1.54, 1.807) is 4.57 Å². The van der Waals surface area contributed by atoms with E-state index in [9.17, 15) is 9.59 Å². The number of fused-ring (bicyclic) bond motifs is 1. The quantitative estimate of drug-likeness (QED) is 0.503. The molecule has 0 radical (unpaired) electrons. The van der Waals surface area contributed by atoms with Crippen molar-refractivity contribution in [1.29, 1.82) is 0 Å². The van der Waals surface area contributed by atoms with Crippen molar-refractivity contribution in [1.82, 2.24) is 14.9 Å². The highest BCUT2D eigenvalue weighted by atomic mass is 32.2. The lowest BCUT2D eigenvalue weighted by molar-refractivity contribution is -0.119. The fraction of sp³-hybridized carbons (Fsp3) is 0.381. The Morgan fingerprint density at radius 3 is 2.82 bits per heavy atom. The summed E-state index contributed by atoms with van der Waals surface area (Å²) in [6, 6.07) is 8.16. The van der Waals surface area contributed by atoms with Crippen LogP contribution >= 0.6 is 23.1 Å². The third-order valence-electron chi connectivity index (χ3n) is 5.10. The zero-order valence-electron chi connectivity index (χ0n) is 16.0. The number of thiophene rings is 1. The fourth-order valence-corrected chi connectivity index (χ4v) is 5.30. The molecule has 1 saturated carbocycles. The Balaban J connectivity index is 1.68. The number of aromatic nitrogens is 2. The zero-order valence-corrected chi connectivity index (χ0v) is 17.7. The van der Waals surface area contributed by atoms with Gasteiger partial charge < -0.3 is 5.32 Å². The van der Waals surface area contributed by atoms with E-state index in [4.69, 9.17) is 4.98 Å². The molecule has 4 rings (SSSR count). The van der Waals surface area contributed by atoms with Gasteiger partial charge in [-0.2, -0.15) is 0 Å². The number of thioether (sulfide) groups is 1. The van der Waals surface area contributed by atoms with Gasteiger partial charge in [-0.05, 0) is 49.8 Å². The zero-order chi connectivity index (χ0) is 19.7. The number of amides is 1. The van der Waals surface area contributed by atoms with Crippen LogP contribution in [0.15, 0.2) is 39.6 Å². The molecule has 0 unspecified atom stereocenters. The van der Waals surface area contributed by atoms with Crippen molar-refractivity contribution < 1.29 is 4.79 Å². The Bertz CT molecular complexity index is 1080. The number of carbonyl (C=O) groups excluding carboxylic acids is 1. The van der Waals surface area contributed by atoms with Crippen molar-refractivity contribution in [2.75, 3.05) is 5.75 Å². The maximum atomic E-state index is 13.2. The summed E-state index contributed by atoms with van der Waals surface area (Å²) in [5.41, 5.74) is 3.58. The minimum absolute atomic E-state index is 0.00347. The fourth-order valence-electron chi connectivity index (χ4n) is 3.73. The van der Waals surface area contributed by atoms with E-state index >= 15 is 0 Å². The van der Waals surface area contributed by atoms with E-state index in [2.05, 4.69) is 11.4 Å². The minimum atomic E-state index is -0.0781. The smallest absolute Gasteiger partial charge is 0.276 e. The number of nitrogens with zero attached hydrogens (tertiary/aromatic N) is 2. The molecule has 146 valence electrons. The van der Waals surface area contributed by atoms with Gasteiger partial charge in [0.1, 0.15) is 4.70 Å². The van der Waals surface area contributed by atoms with Crippen LogP contribution in [0.3, 0.4) is 0 Å². The molecule has 1 aliphatic rings. The van der Waals surface area contributed by atoms with Crippen molar-refractivity contribution in [3.8, 4) is 5.69 Å². The highest BCUT2D eigenvalue weighted by Gasteiger charge is 2.19. The summed E-state index contributed by atoms with van der Waals surface area (Å²) in [4.78, 5) is 30.3. The molecule has 1 aliphatic carbocycles. The van der Waals surface area contributed by atoms with Gasteiger partial charge in [-0.15, -0.1) is 11.3 Å². The van der Waals surface area contributed by atoms with Gasteiger partial charge in [0.05, 0.1) is 17.0 Å². The predicted octanol–water partition coefficient (Wildman–Crippen LogP) is 4.21. The molecular formula is C21H23N3O2S2. The second-order valence-electron chi connectivity index (χ2n) is 7.30. The van der Waals surface area contributed by atoms with Gasteiger partial charge >= 0.3 is 0 Å². The van der Waals surface area contributed by atoms with Crippen LogP contribution in [-0.4, -0.2) is 27.3 Å². The lowest BCUT2D eigenvalue weighted by Gasteiger charge is -2.15. The molecule has 0 spiro atoms. The number of aryl methyl sites for hydroxylation is 2. The second-order valence-corrected chi connectivity index (χ2v) is 9.16.